The molecule has 2 rings (SSSR count). The van der Waals surface area contributed by atoms with Crippen LogP contribution in [0, 0.1) is 0 Å². The Morgan fingerprint density at radius 1 is 1.15 bits per heavy atom. The first-order chi connectivity index (χ1) is 12.6. The van der Waals surface area contributed by atoms with Gasteiger partial charge in [-0.15, -0.1) is 0 Å². The van der Waals surface area contributed by atoms with Crippen molar-refractivity contribution >= 4 is 28.4 Å². The molecule has 0 heterocycles. The van der Waals surface area contributed by atoms with Crippen molar-refractivity contribution < 1.29 is 32.1 Å². The fourth-order valence-corrected chi connectivity index (χ4v) is 3.33. The average molecular weight is 399 g/mol. The number of halogens is 3. The molecule has 0 aliphatic rings. The molecule has 0 aliphatic heterocycles. The van der Waals surface area contributed by atoms with Crippen molar-refractivity contribution in [2.75, 3.05) is 5.32 Å². The first-order valence-electron chi connectivity index (χ1n) is 7.76. The minimum absolute atomic E-state index is 0.0145. The monoisotopic (exact) mass is 399 g/mol. The fourth-order valence-electron chi connectivity index (χ4n) is 2.28. The highest BCUT2D eigenvalue weighted by molar-refractivity contribution is 7.85. The van der Waals surface area contributed by atoms with Crippen LogP contribution in [0.5, 0.6) is 0 Å². The number of hydrogen-bond donors (Lipinski definition) is 2. The molecule has 1 amide bonds. The van der Waals surface area contributed by atoms with Crippen LogP contribution in [0.25, 0.3) is 0 Å². The molecule has 2 aromatic carbocycles. The van der Waals surface area contributed by atoms with Gasteiger partial charge in [0, 0.05) is 16.6 Å². The van der Waals surface area contributed by atoms with Gasteiger partial charge in [0.05, 0.1) is 16.8 Å². The van der Waals surface area contributed by atoms with E-state index >= 15 is 0 Å². The molecule has 0 spiro atoms. The first kappa shape index (κ1) is 20.6. The maximum Gasteiger partial charge on any atom is 0.418 e. The molecule has 2 unspecified atom stereocenters. The van der Waals surface area contributed by atoms with Crippen molar-refractivity contribution in [2.24, 2.45) is 0 Å². The SMILES string of the molecule is CC(C(=O)Nc1ccccc1C(F)(F)F)S(=O)Cc1cccc(C(=O)O)c1. The zero-order valence-electron chi connectivity index (χ0n) is 14.1. The summed E-state index contributed by atoms with van der Waals surface area (Å²) >= 11 is 0. The highest BCUT2D eigenvalue weighted by atomic mass is 32.2. The Morgan fingerprint density at radius 3 is 2.44 bits per heavy atom. The Balaban J connectivity index is 2.11. The summed E-state index contributed by atoms with van der Waals surface area (Å²) in [7, 11) is -1.75. The molecule has 5 nitrogen and oxygen atoms in total. The Labute approximate surface area is 155 Å². The Bertz CT molecular complexity index is 883. The van der Waals surface area contributed by atoms with Crippen molar-refractivity contribution in [1.29, 1.82) is 0 Å². The fraction of sp³-hybridized carbons (Fsp3) is 0.222. The summed E-state index contributed by atoms with van der Waals surface area (Å²) in [5, 5.41) is 10.0. The lowest BCUT2D eigenvalue weighted by atomic mass is 10.1. The zero-order chi connectivity index (χ0) is 20.2. The number of anilines is 1. The number of carbonyl (C=O) groups excluding carboxylic acids is 1. The van der Waals surface area contributed by atoms with E-state index in [1.807, 2.05) is 0 Å². The van der Waals surface area contributed by atoms with E-state index in [9.17, 15) is 27.0 Å². The lowest BCUT2D eigenvalue weighted by molar-refractivity contribution is -0.137. The van der Waals surface area contributed by atoms with Crippen molar-refractivity contribution in [3.63, 3.8) is 0 Å². The molecule has 2 N–H and O–H groups in total. The number of hydrogen-bond acceptors (Lipinski definition) is 3. The molecule has 2 aromatic rings. The molecule has 0 aliphatic carbocycles. The number of carbonyl (C=O) groups is 2. The van der Waals surface area contributed by atoms with Gasteiger partial charge < -0.3 is 10.4 Å². The van der Waals surface area contributed by atoms with Crippen molar-refractivity contribution in [3.05, 3.63) is 65.2 Å². The molecule has 2 atom stereocenters. The predicted octanol–water partition coefficient (Wildman–Crippen LogP) is 3.68. The van der Waals surface area contributed by atoms with Gasteiger partial charge in [-0.2, -0.15) is 13.2 Å². The molecule has 144 valence electrons. The smallest absolute Gasteiger partial charge is 0.418 e. The van der Waals surface area contributed by atoms with Crippen molar-refractivity contribution in [2.45, 2.75) is 24.1 Å². The van der Waals surface area contributed by atoms with Crippen LogP contribution in [0.4, 0.5) is 18.9 Å². The van der Waals surface area contributed by atoms with E-state index in [2.05, 4.69) is 5.32 Å². The third kappa shape index (κ3) is 5.40. The minimum Gasteiger partial charge on any atom is -0.478 e. The van der Waals surface area contributed by atoms with Crippen molar-refractivity contribution in [1.82, 2.24) is 0 Å². The third-order valence-electron chi connectivity index (χ3n) is 3.74. The molecule has 0 aromatic heterocycles. The molecule has 0 fully saturated rings. The second-order valence-corrected chi connectivity index (χ2v) is 7.46. The Hall–Kier alpha value is -2.68. The predicted molar refractivity (Wildman–Crippen MR) is 94.8 cm³/mol. The van der Waals surface area contributed by atoms with Crippen LogP contribution in [0.3, 0.4) is 0 Å². The standard InChI is InChI=1S/C18H16F3NO4S/c1-11(27(26)10-12-5-4-6-13(9-12)17(24)25)16(23)22-15-8-3-2-7-14(15)18(19,20)21/h2-9,11H,10H2,1H3,(H,22,23)(H,24,25). The van der Waals surface area contributed by atoms with Gasteiger partial charge in [0.2, 0.25) is 5.91 Å². The molecule has 0 bridgehead atoms. The van der Waals surface area contributed by atoms with E-state index in [0.717, 1.165) is 12.1 Å². The average Bonchev–Trinajstić information content (AvgIpc) is 2.60. The van der Waals surface area contributed by atoms with Crippen LogP contribution < -0.4 is 5.32 Å². The lowest BCUT2D eigenvalue weighted by Crippen LogP contribution is -2.30. The quantitative estimate of drug-likeness (QED) is 0.776. The number of aromatic carboxylic acids is 1. The highest BCUT2D eigenvalue weighted by Gasteiger charge is 2.34. The first-order valence-corrected chi connectivity index (χ1v) is 9.14. The summed E-state index contributed by atoms with van der Waals surface area (Å²) in [4.78, 5) is 23.2. The summed E-state index contributed by atoms with van der Waals surface area (Å²) in [6.07, 6.45) is -4.64. The summed E-state index contributed by atoms with van der Waals surface area (Å²) < 4.78 is 51.4. The third-order valence-corrected chi connectivity index (χ3v) is 5.36. The van der Waals surface area contributed by atoms with Gasteiger partial charge in [-0.05, 0) is 36.8 Å². The number of para-hydroxylation sites is 1. The number of rotatable bonds is 6. The molecule has 0 saturated heterocycles. The largest absolute Gasteiger partial charge is 0.478 e. The number of amides is 1. The van der Waals surface area contributed by atoms with E-state index in [1.165, 1.54) is 37.3 Å². The molecule has 9 heteroatoms. The Morgan fingerprint density at radius 2 is 1.81 bits per heavy atom. The number of carboxylic acids is 1. The van der Waals surface area contributed by atoms with E-state index in [0.29, 0.717) is 5.56 Å². The van der Waals surface area contributed by atoms with Crippen LogP contribution in [0.15, 0.2) is 48.5 Å². The topological polar surface area (TPSA) is 83.5 Å². The van der Waals surface area contributed by atoms with Gasteiger partial charge in [0.25, 0.3) is 0 Å². The van der Waals surface area contributed by atoms with Crippen LogP contribution in [0.1, 0.15) is 28.4 Å². The summed E-state index contributed by atoms with van der Waals surface area (Å²) in [6, 6.07) is 10.3. The van der Waals surface area contributed by atoms with E-state index < -0.39 is 45.4 Å². The maximum atomic E-state index is 13.0. The number of alkyl halides is 3. The normalized spacial score (nSPS) is 13.6. The maximum absolute atomic E-state index is 13.0. The molecule has 27 heavy (non-hydrogen) atoms. The summed E-state index contributed by atoms with van der Waals surface area (Å²) in [5.41, 5.74) is -0.943. The van der Waals surface area contributed by atoms with Crippen molar-refractivity contribution in [3.8, 4) is 0 Å². The van der Waals surface area contributed by atoms with Crippen LogP contribution in [0.2, 0.25) is 0 Å². The van der Waals surface area contributed by atoms with Gasteiger partial charge in [-0.1, -0.05) is 24.3 Å². The number of nitrogens with one attached hydrogen (secondary N) is 1. The van der Waals surface area contributed by atoms with Gasteiger partial charge in [-0.3, -0.25) is 9.00 Å². The summed E-state index contributed by atoms with van der Waals surface area (Å²) in [5.74, 6) is -2.06. The summed E-state index contributed by atoms with van der Waals surface area (Å²) in [6.45, 7) is 1.34. The van der Waals surface area contributed by atoms with Crippen LogP contribution in [-0.4, -0.2) is 26.4 Å². The Kier molecular flexibility index (Phi) is 6.37. The van der Waals surface area contributed by atoms with Gasteiger partial charge in [0.15, 0.2) is 0 Å². The number of benzene rings is 2. The minimum atomic E-state index is -4.64. The highest BCUT2D eigenvalue weighted by Crippen LogP contribution is 2.34. The zero-order valence-corrected chi connectivity index (χ0v) is 14.9. The lowest BCUT2D eigenvalue weighted by Gasteiger charge is -2.16. The van der Waals surface area contributed by atoms with Gasteiger partial charge in [-0.25, -0.2) is 4.79 Å². The van der Waals surface area contributed by atoms with Crippen LogP contribution in [-0.2, 0) is 27.5 Å². The van der Waals surface area contributed by atoms with E-state index in [1.54, 1.807) is 6.07 Å². The second-order valence-electron chi connectivity index (χ2n) is 5.71. The molecule has 0 saturated carbocycles. The second kappa shape index (κ2) is 8.34. The van der Waals surface area contributed by atoms with Gasteiger partial charge in [0.1, 0.15) is 5.25 Å². The molecular formula is C18H16F3NO4S. The number of carboxylic acid groups (broad SMARTS) is 1. The van der Waals surface area contributed by atoms with E-state index in [-0.39, 0.29) is 11.3 Å². The molecule has 0 radical (unpaired) electrons. The van der Waals surface area contributed by atoms with Gasteiger partial charge >= 0.3 is 12.1 Å². The van der Waals surface area contributed by atoms with E-state index in [4.69, 9.17) is 5.11 Å². The van der Waals surface area contributed by atoms with Crippen LogP contribution >= 0.6 is 0 Å². The molecular weight excluding hydrogens is 383 g/mol.